The number of rotatable bonds is 10. The largest absolute Gasteiger partial charge is 0.385 e. The molecule has 0 spiro atoms. The van der Waals surface area contributed by atoms with Crippen molar-refractivity contribution in [2.75, 3.05) is 19.6 Å². The summed E-state index contributed by atoms with van der Waals surface area (Å²) in [5.41, 5.74) is 0.476. The van der Waals surface area contributed by atoms with Gasteiger partial charge in [-0.1, -0.05) is 26.0 Å². The number of nitrogens with one attached hydrogen (secondary N) is 1. The third kappa shape index (κ3) is 5.30. The van der Waals surface area contributed by atoms with E-state index in [0.29, 0.717) is 12.5 Å². The van der Waals surface area contributed by atoms with E-state index in [4.69, 9.17) is 0 Å². The van der Waals surface area contributed by atoms with E-state index in [1.54, 1.807) is 11.9 Å². The maximum atomic E-state index is 10.3. The van der Waals surface area contributed by atoms with Gasteiger partial charge >= 0.3 is 0 Å². The van der Waals surface area contributed by atoms with Crippen LogP contribution in [0.25, 0.3) is 0 Å². The summed E-state index contributed by atoms with van der Waals surface area (Å²) in [6, 6.07) is 8.26. The van der Waals surface area contributed by atoms with E-state index in [1.165, 1.54) is 4.90 Å². The second kappa shape index (κ2) is 7.99. The predicted octanol–water partition coefficient (Wildman–Crippen LogP) is 2.77. The van der Waals surface area contributed by atoms with Crippen LogP contribution >= 0.6 is 11.9 Å². The lowest BCUT2D eigenvalue weighted by Crippen LogP contribution is -2.25. The molecule has 1 aromatic carbocycles. The van der Waals surface area contributed by atoms with E-state index in [0.717, 1.165) is 44.3 Å². The first kappa shape index (κ1) is 17.3. The fraction of sp³-hybridized carbons (Fsp3) is 0.588. The fourth-order valence-electron chi connectivity index (χ4n) is 2.38. The zero-order valence-electron chi connectivity index (χ0n) is 13.4. The van der Waals surface area contributed by atoms with E-state index in [9.17, 15) is 9.90 Å². The second-order valence-electron chi connectivity index (χ2n) is 6.35. The molecule has 0 aromatic heterocycles. The molecule has 1 aromatic rings. The molecule has 0 bridgehead atoms. The van der Waals surface area contributed by atoms with Crippen molar-refractivity contribution in [3.05, 3.63) is 29.8 Å². The van der Waals surface area contributed by atoms with Crippen LogP contribution < -0.4 is 5.32 Å². The number of amides is 1. The normalized spacial score (nSPS) is 16.0. The van der Waals surface area contributed by atoms with Crippen molar-refractivity contribution in [2.24, 2.45) is 5.92 Å². The number of nitrogens with zero attached hydrogens (tertiary/aromatic N) is 1. The smallest absolute Gasteiger partial charge is 0.207 e. The van der Waals surface area contributed by atoms with Gasteiger partial charge in [0.15, 0.2) is 0 Å². The fourth-order valence-corrected chi connectivity index (χ4v) is 3.53. The molecule has 0 heterocycles. The van der Waals surface area contributed by atoms with Crippen LogP contribution in [0, 0.1) is 5.92 Å². The van der Waals surface area contributed by atoms with E-state index in [1.807, 2.05) is 12.1 Å². The lowest BCUT2D eigenvalue weighted by Gasteiger charge is -2.23. The Morgan fingerprint density at radius 1 is 1.36 bits per heavy atom. The maximum absolute atomic E-state index is 10.3. The summed E-state index contributed by atoms with van der Waals surface area (Å²) >= 11 is 1.75. The highest BCUT2D eigenvalue weighted by Gasteiger charge is 2.41. The summed E-state index contributed by atoms with van der Waals surface area (Å²) in [7, 11) is 0. The average Bonchev–Trinajstić information content (AvgIpc) is 3.23. The lowest BCUT2D eigenvalue weighted by molar-refractivity contribution is -0.109. The van der Waals surface area contributed by atoms with E-state index < -0.39 is 5.60 Å². The van der Waals surface area contributed by atoms with Crippen LogP contribution in [0.4, 0.5) is 0 Å². The number of aliphatic hydroxyl groups is 1. The van der Waals surface area contributed by atoms with Crippen LogP contribution in [0.3, 0.4) is 0 Å². The number of carbonyl (C=O) groups excluding carboxylic acids is 1. The van der Waals surface area contributed by atoms with Gasteiger partial charge in [0.1, 0.15) is 0 Å². The summed E-state index contributed by atoms with van der Waals surface area (Å²) in [4.78, 5) is 11.5. The quantitative estimate of drug-likeness (QED) is 0.395. The minimum Gasteiger partial charge on any atom is -0.385 e. The van der Waals surface area contributed by atoms with Crippen LogP contribution in [0.5, 0.6) is 0 Å². The molecule has 0 aliphatic heterocycles. The average molecular weight is 322 g/mol. The molecule has 1 amide bonds. The Kier molecular flexibility index (Phi) is 6.29. The predicted molar refractivity (Wildman–Crippen MR) is 90.5 cm³/mol. The molecule has 5 heteroatoms. The van der Waals surface area contributed by atoms with Crippen molar-refractivity contribution in [1.82, 2.24) is 9.62 Å². The number of carbonyl (C=O) groups is 1. The summed E-state index contributed by atoms with van der Waals surface area (Å²) in [6.45, 7) is 7.09. The first-order chi connectivity index (χ1) is 10.5. The number of benzene rings is 1. The Morgan fingerprint density at radius 2 is 2.05 bits per heavy atom. The van der Waals surface area contributed by atoms with E-state index in [-0.39, 0.29) is 0 Å². The van der Waals surface area contributed by atoms with Gasteiger partial charge < -0.3 is 10.4 Å². The van der Waals surface area contributed by atoms with Crippen LogP contribution in [-0.4, -0.2) is 35.5 Å². The Hall–Kier alpha value is -1.04. The van der Waals surface area contributed by atoms with Crippen LogP contribution in [0.15, 0.2) is 29.2 Å². The highest BCUT2D eigenvalue weighted by atomic mass is 32.2. The highest BCUT2D eigenvalue weighted by molar-refractivity contribution is 7.97. The molecule has 0 radical (unpaired) electrons. The molecule has 1 aliphatic rings. The standard InChI is InChI=1S/C17H26N2O2S/c1-14(2)12-19(11-3-10-18-13-20)22-16-6-4-15(5-7-16)17(21)8-9-17/h4-7,13-14,21H,3,8-12H2,1-2H3,(H,18,20). The van der Waals surface area contributed by atoms with Gasteiger partial charge in [0.2, 0.25) is 6.41 Å². The molecule has 4 nitrogen and oxygen atoms in total. The van der Waals surface area contributed by atoms with Crippen molar-refractivity contribution < 1.29 is 9.90 Å². The molecule has 2 N–H and O–H groups in total. The van der Waals surface area contributed by atoms with Crippen molar-refractivity contribution in [1.29, 1.82) is 0 Å². The molecule has 2 rings (SSSR count). The van der Waals surface area contributed by atoms with Crippen molar-refractivity contribution >= 4 is 18.4 Å². The van der Waals surface area contributed by atoms with E-state index >= 15 is 0 Å². The first-order valence-corrected chi connectivity index (χ1v) is 8.74. The molecular weight excluding hydrogens is 296 g/mol. The van der Waals surface area contributed by atoms with Crippen molar-refractivity contribution in [3.8, 4) is 0 Å². The van der Waals surface area contributed by atoms with Gasteiger partial charge in [-0.15, -0.1) is 0 Å². The molecule has 0 atom stereocenters. The lowest BCUT2D eigenvalue weighted by atomic mass is 10.1. The number of hydrogen-bond donors (Lipinski definition) is 2. The van der Waals surface area contributed by atoms with Gasteiger partial charge in [0.25, 0.3) is 0 Å². The van der Waals surface area contributed by atoms with Gasteiger partial charge in [0, 0.05) is 24.5 Å². The summed E-state index contributed by atoms with van der Waals surface area (Å²) in [5, 5.41) is 12.8. The zero-order valence-corrected chi connectivity index (χ0v) is 14.2. The Bertz CT molecular complexity index is 472. The van der Waals surface area contributed by atoms with Crippen LogP contribution in [-0.2, 0) is 10.4 Å². The minimum atomic E-state index is -0.554. The molecule has 22 heavy (non-hydrogen) atoms. The van der Waals surface area contributed by atoms with Gasteiger partial charge in [-0.2, -0.15) is 0 Å². The Balaban J connectivity index is 1.89. The summed E-state index contributed by atoms with van der Waals surface area (Å²) < 4.78 is 2.35. The van der Waals surface area contributed by atoms with Crippen LogP contribution in [0.1, 0.15) is 38.7 Å². The summed E-state index contributed by atoms with van der Waals surface area (Å²) in [5.74, 6) is 0.595. The first-order valence-electron chi connectivity index (χ1n) is 7.96. The maximum Gasteiger partial charge on any atom is 0.207 e. The van der Waals surface area contributed by atoms with Crippen molar-refractivity contribution in [3.63, 3.8) is 0 Å². The molecule has 0 saturated heterocycles. The molecule has 1 fully saturated rings. The van der Waals surface area contributed by atoms with Gasteiger partial charge in [-0.05, 0) is 54.8 Å². The minimum absolute atomic E-state index is 0.554. The molecular formula is C17H26N2O2S. The Labute approximate surface area is 137 Å². The van der Waals surface area contributed by atoms with Crippen LogP contribution in [0.2, 0.25) is 0 Å². The SMILES string of the molecule is CC(C)CN(CCCNC=O)Sc1ccc(C2(O)CC2)cc1. The monoisotopic (exact) mass is 322 g/mol. The molecule has 1 saturated carbocycles. The molecule has 0 unspecified atom stereocenters. The summed E-state index contributed by atoms with van der Waals surface area (Å²) in [6.07, 6.45) is 3.45. The molecule has 122 valence electrons. The number of hydrogen-bond acceptors (Lipinski definition) is 4. The topological polar surface area (TPSA) is 52.6 Å². The van der Waals surface area contributed by atoms with Gasteiger partial charge in [-0.3, -0.25) is 4.79 Å². The third-order valence-electron chi connectivity index (χ3n) is 3.73. The highest BCUT2D eigenvalue weighted by Crippen LogP contribution is 2.45. The van der Waals surface area contributed by atoms with Gasteiger partial charge in [-0.25, -0.2) is 4.31 Å². The zero-order chi connectivity index (χ0) is 16.0. The van der Waals surface area contributed by atoms with Gasteiger partial charge in [0.05, 0.1) is 5.60 Å². The van der Waals surface area contributed by atoms with E-state index in [2.05, 4.69) is 35.6 Å². The Morgan fingerprint density at radius 3 is 2.59 bits per heavy atom. The molecule has 1 aliphatic carbocycles. The van der Waals surface area contributed by atoms with Crippen molar-refractivity contribution in [2.45, 2.75) is 43.6 Å². The second-order valence-corrected chi connectivity index (χ2v) is 7.52. The third-order valence-corrected chi connectivity index (χ3v) is 4.80.